The fourth-order valence-corrected chi connectivity index (χ4v) is 4.72. The van der Waals surface area contributed by atoms with E-state index in [9.17, 15) is 18.3 Å². The highest BCUT2D eigenvalue weighted by Gasteiger charge is 2.27. The van der Waals surface area contributed by atoms with E-state index in [2.05, 4.69) is 10.5 Å². The van der Waals surface area contributed by atoms with Crippen LogP contribution in [0.1, 0.15) is 23.6 Å². The number of aryl methyl sites for hydroxylation is 2. The number of aromatic hydroxyl groups is 1. The van der Waals surface area contributed by atoms with Crippen molar-refractivity contribution in [1.29, 1.82) is 0 Å². The number of benzene rings is 3. The Hall–Kier alpha value is -3.56. The Bertz CT molecular complexity index is 1340. The number of para-hydroxylation sites is 1. The molecule has 10 heteroatoms. The van der Waals surface area contributed by atoms with Crippen LogP contribution in [-0.2, 0) is 14.8 Å². The minimum atomic E-state index is -4.09. The Balaban J connectivity index is 1.86. The maximum atomic E-state index is 13.4. The molecule has 0 heterocycles. The van der Waals surface area contributed by atoms with E-state index in [4.69, 9.17) is 16.3 Å². The first-order valence-electron chi connectivity index (χ1n) is 10.8. The van der Waals surface area contributed by atoms with Crippen molar-refractivity contribution in [2.24, 2.45) is 5.10 Å². The van der Waals surface area contributed by atoms with Gasteiger partial charge in [0.1, 0.15) is 6.54 Å². The van der Waals surface area contributed by atoms with Crippen LogP contribution in [0.3, 0.4) is 0 Å². The summed E-state index contributed by atoms with van der Waals surface area (Å²) in [5.74, 6) is -0.496. The number of ether oxygens (including phenoxy) is 1. The molecule has 0 unspecified atom stereocenters. The first kappa shape index (κ1) is 26.1. The molecule has 35 heavy (non-hydrogen) atoms. The molecule has 1 amide bonds. The van der Waals surface area contributed by atoms with Gasteiger partial charge in [0.2, 0.25) is 0 Å². The molecular formula is C25H26ClN3O5S. The molecule has 0 atom stereocenters. The van der Waals surface area contributed by atoms with Gasteiger partial charge in [-0.05, 0) is 80.4 Å². The van der Waals surface area contributed by atoms with E-state index < -0.39 is 22.5 Å². The number of hydrogen-bond acceptors (Lipinski definition) is 6. The summed E-state index contributed by atoms with van der Waals surface area (Å²) in [5, 5.41) is 14.5. The standard InChI is InChI=1S/C25H26ClN3O5S/c1-4-34-23-7-5-6-19(25(23)31)15-27-28-24(30)16-29(21-11-8-17(2)18(3)14-21)35(32,33)22-12-9-20(26)10-13-22/h5-15,31H,4,16H2,1-3H3,(H,28,30)/b27-15-. The summed E-state index contributed by atoms with van der Waals surface area (Å²) in [6.07, 6.45) is 1.25. The molecule has 0 fully saturated rings. The number of rotatable bonds is 9. The number of halogens is 1. The molecule has 0 aliphatic rings. The van der Waals surface area contributed by atoms with E-state index in [0.717, 1.165) is 15.4 Å². The molecule has 8 nitrogen and oxygen atoms in total. The third-order valence-electron chi connectivity index (χ3n) is 5.19. The van der Waals surface area contributed by atoms with Gasteiger partial charge in [0.05, 0.1) is 23.4 Å². The lowest BCUT2D eigenvalue weighted by Gasteiger charge is -2.24. The Kier molecular flexibility index (Phi) is 8.37. The van der Waals surface area contributed by atoms with Crippen LogP contribution in [-0.4, -0.2) is 38.8 Å². The van der Waals surface area contributed by atoms with Gasteiger partial charge in [-0.2, -0.15) is 5.10 Å². The average Bonchev–Trinajstić information content (AvgIpc) is 2.82. The second-order valence-electron chi connectivity index (χ2n) is 7.65. The fraction of sp³-hybridized carbons (Fsp3) is 0.200. The lowest BCUT2D eigenvalue weighted by molar-refractivity contribution is -0.119. The molecule has 2 N–H and O–H groups in total. The van der Waals surface area contributed by atoms with Gasteiger partial charge in [0.25, 0.3) is 15.9 Å². The molecule has 3 rings (SSSR count). The number of nitrogens with zero attached hydrogens (tertiary/aromatic N) is 2. The number of carbonyl (C=O) groups is 1. The van der Waals surface area contributed by atoms with Crippen LogP contribution in [0, 0.1) is 13.8 Å². The van der Waals surface area contributed by atoms with E-state index in [1.54, 1.807) is 43.3 Å². The zero-order valence-electron chi connectivity index (χ0n) is 19.5. The molecule has 0 radical (unpaired) electrons. The zero-order chi connectivity index (χ0) is 25.6. The smallest absolute Gasteiger partial charge is 0.264 e. The first-order chi connectivity index (χ1) is 16.6. The summed E-state index contributed by atoms with van der Waals surface area (Å²) < 4.78 is 33.2. The van der Waals surface area contributed by atoms with Crippen LogP contribution < -0.4 is 14.5 Å². The lowest BCUT2D eigenvalue weighted by Crippen LogP contribution is -2.39. The Morgan fingerprint density at radius 3 is 2.49 bits per heavy atom. The number of nitrogens with one attached hydrogen (secondary N) is 1. The predicted octanol–water partition coefficient (Wildman–Crippen LogP) is 4.41. The molecule has 3 aromatic carbocycles. The van der Waals surface area contributed by atoms with Gasteiger partial charge in [-0.15, -0.1) is 0 Å². The van der Waals surface area contributed by atoms with E-state index in [1.165, 1.54) is 30.5 Å². The summed E-state index contributed by atoms with van der Waals surface area (Å²) in [6.45, 7) is 5.42. The molecule has 3 aromatic rings. The van der Waals surface area contributed by atoms with Crippen LogP contribution in [0.4, 0.5) is 5.69 Å². The number of sulfonamides is 1. The second kappa shape index (κ2) is 11.2. The minimum Gasteiger partial charge on any atom is -0.504 e. The van der Waals surface area contributed by atoms with E-state index in [0.29, 0.717) is 22.9 Å². The summed E-state index contributed by atoms with van der Waals surface area (Å²) >= 11 is 5.91. The molecule has 0 aromatic heterocycles. The minimum absolute atomic E-state index is 0.00547. The number of hydrogen-bond donors (Lipinski definition) is 2. The van der Waals surface area contributed by atoms with Crippen LogP contribution in [0.15, 0.2) is 70.7 Å². The number of phenolic OH excluding ortho intramolecular Hbond substituents is 1. The van der Waals surface area contributed by atoms with Gasteiger partial charge < -0.3 is 9.84 Å². The van der Waals surface area contributed by atoms with Crippen molar-refractivity contribution in [3.8, 4) is 11.5 Å². The SMILES string of the molecule is CCOc1cccc(/C=N\NC(=O)CN(c2ccc(C)c(C)c2)S(=O)(=O)c2ccc(Cl)cc2)c1O. The predicted molar refractivity (Wildman–Crippen MR) is 137 cm³/mol. The number of amides is 1. The first-order valence-corrected chi connectivity index (χ1v) is 12.6. The van der Waals surface area contributed by atoms with Gasteiger partial charge in [-0.25, -0.2) is 13.8 Å². The topological polar surface area (TPSA) is 108 Å². The summed E-state index contributed by atoms with van der Waals surface area (Å²) in [7, 11) is -4.09. The third kappa shape index (κ3) is 6.32. The molecular weight excluding hydrogens is 490 g/mol. The average molecular weight is 516 g/mol. The number of carbonyl (C=O) groups excluding carboxylic acids is 1. The molecule has 0 bridgehead atoms. The molecule has 0 saturated carbocycles. The highest BCUT2D eigenvalue weighted by atomic mass is 35.5. The monoisotopic (exact) mass is 515 g/mol. The zero-order valence-corrected chi connectivity index (χ0v) is 21.1. The normalized spacial score (nSPS) is 11.4. The third-order valence-corrected chi connectivity index (χ3v) is 7.23. The van der Waals surface area contributed by atoms with Gasteiger partial charge in [-0.1, -0.05) is 23.7 Å². The second-order valence-corrected chi connectivity index (χ2v) is 9.95. The molecule has 0 aliphatic heterocycles. The maximum Gasteiger partial charge on any atom is 0.264 e. The van der Waals surface area contributed by atoms with Crippen molar-refractivity contribution in [3.63, 3.8) is 0 Å². The van der Waals surface area contributed by atoms with Crippen molar-refractivity contribution in [1.82, 2.24) is 5.43 Å². The van der Waals surface area contributed by atoms with Gasteiger partial charge in [-0.3, -0.25) is 9.10 Å². The highest BCUT2D eigenvalue weighted by molar-refractivity contribution is 7.92. The maximum absolute atomic E-state index is 13.4. The van der Waals surface area contributed by atoms with E-state index in [-0.39, 0.29) is 16.4 Å². The fourth-order valence-electron chi connectivity index (χ4n) is 3.18. The number of anilines is 1. The summed E-state index contributed by atoms with van der Waals surface area (Å²) in [5.41, 5.74) is 4.85. The highest BCUT2D eigenvalue weighted by Crippen LogP contribution is 2.29. The van der Waals surface area contributed by atoms with Gasteiger partial charge >= 0.3 is 0 Å². The quantitative estimate of drug-likeness (QED) is 0.324. The molecule has 0 aliphatic carbocycles. The van der Waals surface area contributed by atoms with Crippen molar-refractivity contribution in [3.05, 3.63) is 82.4 Å². The van der Waals surface area contributed by atoms with Crippen molar-refractivity contribution in [2.75, 3.05) is 17.5 Å². The van der Waals surface area contributed by atoms with Crippen LogP contribution in [0.5, 0.6) is 11.5 Å². The summed E-state index contributed by atoms with van der Waals surface area (Å²) in [4.78, 5) is 12.7. The van der Waals surface area contributed by atoms with Gasteiger partial charge in [0.15, 0.2) is 11.5 Å². The Morgan fingerprint density at radius 1 is 1.11 bits per heavy atom. The lowest BCUT2D eigenvalue weighted by atomic mass is 10.1. The Morgan fingerprint density at radius 2 is 1.83 bits per heavy atom. The van der Waals surface area contributed by atoms with Gasteiger partial charge in [0, 0.05) is 10.6 Å². The van der Waals surface area contributed by atoms with Crippen LogP contribution >= 0.6 is 11.6 Å². The summed E-state index contributed by atoms with van der Waals surface area (Å²) in [6, 6.07) is 15.7. The Labute approximate surface area is 209 Å². The van der Waals surface area contributed by atoms with Crippen molar-refractivity contribution < 1.29 is 23.1 Å². The van der Waals surface area contributed by atoms with Crippen molar-refractivity contribution >= 4 is 39.4 Å². The number of phenols is 1. The van der Waals surface area contributed by atoms with Crippen molar-refractivity contribution in [2.45, 2.75) is 25.7 Å². The molecule has 0 saturated heterocycles. The molecule has 0 spiro atoms. The van der Waals surface area contributed by atoms with E-state index in [1.807, 2.05) is 13.8 Å². The molecule has 184 valence electrons. The van der Waals surface area contributed by atoms with Crippen LogP contribution in [0.2, 0.25) is 5.02 Å². The van der Waals surface area contributed by atoms with Crippen LogP contribution in [0.25, 0.3) is 0 Å². The number of hydrazone groups is 1. The largest absolute Gasteiger partial charge is 0.504 e. The van der Waals surface area contributed by atoms with E-state index >= 15 is 0 Å².